The average Bonchev–Trinajstić information content (AvgIpc) is 2.83. The molecule has 0 aliphatic heterocycles. The van der Waals surface area contributed by atoms with Crippen LogP contribution in [0.3, 0.4) is 0 Å². The van der Waals surface area contributed by atoms with E-state index in [4.69, 9.17) is 9.97 Å². The van der Waals surface area contributed by atoms with Crippen molar-refractivity contribution in [3.63, 3.8) is 0 Å². The van der Waals surface area contributed by atoms with Crippen LogP contribution in [0.5, 0.6) is 0 Å². The van der Waals surface area contributed by atoms with Crippen molar-refractivity contribution in [3.8, 4) is 0 Å². The van der Waals surface area contributed by atoms with Gasteiger partial charge in [-0.25, -0.2) is 9.97 Å². The molecule has 3 rings (SSSR count). The zero-order valence-corrected chi connectivity index (χ0v) is 21.9. The molecule has 1 N–H and O–H groups in total. The maximum Gasteiger partial charge on any atom is 0.251 e. The highest BCUT2D eigenvalue weighted by atomic mass is 32.2. The summed E-state index contributed by atoms with van der Waals surface area (Å²) in [5, 5.41) is 3.86. The first-order valence-electron chi connectivity index (χ1n) is 11.9. The molecular weight excluding hydrogens is 440 g/mol. The number of rotatable bonds is 9. The second-order valence-electron chi connectivity index (χ2n) is 9.66. The van der Waals surface area contributed by atoms with Crippen LogP contribution in [-0.4, -0.2) is 29.5 Å². The van der Waals surface area contributed by atoms with Crippen LogP contribution >= 0.6 is 11.8 Å². The van der Waals surface area contributed by atoms with Crippen molar-refractivity contribution in [2.75, 3.05) is 18.5 Å². The van der Waals surface area contributed by atoms with Gasteiger partial charge in [0.05, 0.1) is 11.7 Å². The van der Waals surface area contributed by atoms with E-state index in [1.807, 2.05) is 61.5 Å². The zero-order valence-electron chi connectivity index (χ0n) is 21.1. The quantitative estimate of drug-likeness (QED) is 0.286. The molecule has 0 saturated carbocycles. The van der Waals surface area contributed by atoms with Gasteiger partial charge in [-0.2, -0.15) is 0 Å². The van der Waals surface area contributed by atoms with Gasteiger partial charge in [0.15, 0.2) is 5.16 Å². The minimum absolute atomic E-state index is 0.0567. The number of benzene rings is 2. The van der Waals surface area contributed by atoms with Crippen molar-refractivity contribution < 1.29 is 4.79 Å². The molecule has 6 heteroatoms. The van der Waals surface area contributed by atoms with E-state index in [2.05, 4.69) is 51.0 Å². The summed E-state index contributed by atoms with van der Waals surface area (Å²) in [7, 11) is 2.07. The second-order valence-corrected chi connectivity index (χ2v) is 10.6. The summed E-state index contributed by atoms with van der Waals surface area (Å²) >= 11 is 1.60. The Morgan fingerprint density at radius 3 is 2.47 bits per heavy atom. The molecule has 0 fully saturated rings. The minimum Gasteiger partial charge on any atom is -0.360 e. The molecule has 0 radical (unpaired) electrons. The summed E-state index contributed by atoms with van der Waals surface area (Å²) in [6, 6.07) is 19.8. The first kappa shape index (κ1) is 25.8. The van der Waals surface area contributed by atoms with E-state index >= 15 is 0 Å². The molecule has 2 aromatic carbocycles. The normalized spacial score (nSPS) is 12.3. The highest BCUT2D eigenvalue weighted by Crippen LogP contribution is 2.28. The van der Waals surface area contributed by atoms with Crippen LogP contribution < -0.4 is 10.2 Å². The highest BCUT2D eigenvalue weighted by Gasteiger charge is 2.19. The number of amides is 1. The molecule has 0 aliphatic carbocycles. The predicted molar refractivity (Wildman–Crippen MR) is 143 cm³/mol. The molecule has 1 heterocycles. The third kappa shape index (κ3) is 7.07. The van der Waals surface area contributed by atoms with E-state index in [0.29, 0.717) is 11.3 Å². The number of carbonyl (C=O) groups is 1. The number of aromatic nitrogens is 2. The number of nitrogens with zero attached hydrogens (tertiary/aromatic N) is 3. The summed E-state index contributed by atoms with van der Waals surface area (Å²) in [6.45, 7) is 11.6. The van der Waals surface area contributed by atoms with Gasteiger partial charge in [-0.05, 0) is 36.6 Å². The van der Waals surface area contributed by atoms with Crippen LogP contribution in [-0.2, 0) is 11.2 Å². The molecule has 0 aliphatic rings. The van der Waals surface area contributed by atoms with Crippen molar-refractivity contribution in [1.29, 1.82) is 0 Å². The number of hydrogen-bond acceptors (Lipinski definition) is 5. The van der Waals surface area contributed by atoms with Gasteiger partial charge in [0, 0.05) is 36.4 Å². The highest BCUT2D eigenvalue weighted by molar-refractivity contribution is 7.98. The van der Waals surface area contributed by atoms with Crippen LogP contribution in [0.4, 0.5) is 5.82 Å². The van der Waals surface area contributed by atoms with Crippen LogP contribution in [0.2, 0.25) is 0 Å². The molecule has 3 aromatic rings. The fraction of sp³-hybridized carbons (Fsp3) is 0.393. The van der Waals surface area contributed by atoms with Gasteiger partial charge in [-0.1, -0.05) is 81.9 Å². The first-order chi connectivity index (χ1) is 16.2. The number of nitrogens with one attached hydrogen (secondary N) is 1. The number of hydrogen-bond donors (Lipinski definition) is 1. The monoisotopic (exact) mass is 476 g/mol. The third-order valence-electron chi connectivity index (χ3n) is 5.61. The van der Waals surface area contributed by atoms with Crippen molar-refractivity contribution in [2.24, 2.45) is 0 Å². The van der Waals surface area contributed by atoms with Crippen molar-refractivity contribution in [3.05, 3.63) is 83.0 Å². The maximum absolute atomic E-state index is 12.8. The van der Waals surface area contributed by atoms with Gasteiger partial charge in [-0.3, -0.25) is 4.79 Å². The number of anilines is 1. The van der Waals surface area contributed by atoms with Crippen LogP contribution in [0, 0.1) is 0 Å². The lowest BCUT2D eigenvalue weighted by Crippen LogP contribution is -2.26. The molecular formula is C28H36N4OS. The second kappa shape index (κ2) is 11.5. The molecule has 0 saturated heterocycles. The van der Waals surface area contributed by atoms with Gasteiger partial charge in [0.1, 0.15) is 5.82 Å². The van der Waals surface area contributed by atoms with Crippen LogP contribution in [0.1, 0.15) is 74.3 Å². The summed E-state index contributed by atoms with van der Waals surface area (Å²) in [6.07, 6.45) is 1.06. The molecule has 180 valence electrons. The molecule has 1 amide bonds. The van der Waals surface area contributed by atoms with Gasteiger partial charge in [0.25, 0.3) is 5.91 Å². The number of thioether (sulfide) groups is 1. The van der Waals surface area contributed by atoms with Crippen LogP contribution in [0.25, 0.3) is 0 Å². The van der Waals surface area contributed by atoms with E-state index in [9.17, 15) is 4.79 Å². The summed E-state index contributed by atoms with van der Waals surface area (Å²) in [5.41, 5.74) is 3.79. The Labute approximate surface area is 208 Å². The Bertz CT molecular complexity index is 1100. The van der Waals surface area contributed by atoms with Crippen LogP contribution in [0.15, 0.2) is 65.8 Å². The SMILES string of the molecule is CCCN(C)c1cc(C(C)(C)C)nc(SCc2cccc(C(=O)NC(C)c3ccccc3)c2)n1. The van der Waals surface area contributed by atoms with Crippen molar-refractivity contribution in [2.45, 2.75) is 63.4 Å². The Hall–Kier alpha value is -2.86. The van der Waals surface area contributed by atoms with E-state index < -0.39 is 0 Å². The Morgan fingerprint density at radius 1 is 1.06 bits per heavy atom. The number of carbonyl (C=O) groups excluding carboxylic acids is 1. The van der Waals surface area contributed by atoms with Crippen molar-refractivity contribution >= 4 is 23.5 Å². The average molecular weight is 477 g/mol. The molecule has 1 unspecified atom stereocenters. The summed E-state index contributed by atoms with van der Waals surface area (Å²) < 4.78 is 0. The lowest BCUT2D eigenvalue weighted by molar-refractivity contribution is 0.0940. The molecule has 0 bridgehead atoms. The standard InChI is InChI=1S/C28H36N4OS/c1-7-16-32(6)25-18-24(28(3,4)5)30-27(31-25)34-19-21-12-11-15-23(17-21)26(33)29-20(2)22-13-9-8-10-14-22/h8-15,17-18,20H,7,16,19H2,1-6H3,(H,29,33). The molecule has 1 aromatic heterocycles. The Kier molecular flexibility index (Phi) is 8.72. The molecule has 1 atom stereocenters. The van der Waals surface area contributed by atoms with E-state index in [-0.39, 0.29) is 17.4 Å². The Balaban J connectivity index is 1.72. The Morgan fingerprint density at radius 2 is 1.79 bits per heavy atom. The van der Waals surface area contributed by atoms with Gasteiger partial charge in [0.2, 0.25) is 0 Å². The fourth-order valence-corrected chi connectivity index (χ4v) is 4.36. The minimum atomic E-state index is -0.0716. The summed E-state index contributed by atoms with van der Waals surface area (Å²) in [4.78, 5) is 24.7. The first-order valence-corrected chi connectivity index (χ1v) is 12.8. The largest absolute Gasteiger partial charge is 0.360 e. The predicted octanol–water partition coefficient (Wildman–Crippen LogP) is 6.40. The molecule has 34 heavy (non-hydrogen) atoms. The topological polar surface area (TPSA) is 58.1 Å². The third-order valence-corrected chi connectivity index (χ3v) is 6.53. The van der Waals surface area contributed by atoms with E-state index in [1.165, 1.54) is 0 Å². The fourth-order valence-electron chi connectivity index (χ4n) is 3.56. The van der Waals surface area contributed by atoms with Gasteiger partial charge in [-0.15, -0.1) is 0 Å². The lowest BCUT2D eigenvalue weighted by Gasteiger charge is -2.23. The summed E-state index contributed by atoms with van der Waals surface area (Å²) in [5.74, 6) is 1.57. The van der Waals surface area contributed by atoms with E-state index in [0.717, 1.165) is 40.8 Å². The van der Waals surface area contributed by atoms with Crippen molar-refractivity contribution in [1.82, 2.24) is 15.3 Å². The van der Waals surface area contributed by atoms with Gasteiger partial charge < -0.3 is 10.2 Å². The molecule has 5 nitrogen and oxygen atoms in total. The smallest absolute Gasteiger partial charge is 0.251 e. The lowest BCUT2D eigenvalue weighted by atomic mass is 9.92. The zero-order chi connectivity index (χ0) is 24.7. The van der Waals surface area contributed by atoms with E-state index in [1.54, 1.807) is 11.8 Å². The maximum atomic E-state index is 12.8. The van der Waals surface area contributed by atoms with Gasteiger partial charge >= 0.3 is 0 Å². The molecule has 0 spiro atoms.